The summed E-state index contributed by atoms with van der Waals surface area (Å²) in [5, 5.41) is 4.46. The molecule has 0 spiro atoms. The summed E-state index contributed by atoms with van der Waals surface area (Å²) >= 11 is 0. The fourth-order valence-corrected chi connectivity index (χ4v) is 2.31. The van der Waals surface area contributed by atoms with E-state index in [1.54, 1.807) is 0 Å². The zero-order chi connectivity index (χ0) is 12.2. The van der Waals surface area contributed by atoms with Crippen molar-refractivity contribution in [3.05, 3.63) is 18.1 Å². The molecule has 0 aliphatic carbocycles. The molecule has 17 heavy (non-hydrogen) atoms. The summed E-state index contributed by atoms with van der Waals surface area (Å²) in [6.45, 7) is 2.12. The number of hydrogen-bond acceptors (Lipinski definition) is 5. The Hall–Kier alpha value is -2.11. The predicted molar refractivity (Wildman–Crippen MR) is 65.5 cm³/mol. The molecule has 1 aliphatic heterocycles. The summed E-state index contributed by atoms with van der Waals surface area (Å²) in [5.74, 6) is 0.501. The van der Waals surface area contributed by atoms with E-state index in [0.717, 1.165) is 17.1 Å². The second kappa shape index (κ2) is 3.19. The molecule has 0 amide bonds. The van der Waals surface area contributed by atoms with Gasteiger partial charge >= 0.3 is 0 Å². The van der Waals surface area contributed by atoms with Crippen molar-refractivity contribution in [1.82, 2.24) is 19.7 Å². The van der Waals surface area contributed by atoms with Crippen LogP contribution in [0.2, 0.25) is 0 Å². The third-order valence-electron chi connectivity index (χ3n) is 3.32. The van der Waals surface area contributed by atoms with Crippen LogP contribution < -0.4 is 10.6 Å². The Morgan fingerprint density at radius 3 is 2.76 bits per heavy atom. The molecule has 2 N–H and O–H groups in total. The standard InChI is InChI=1S/C11H14N6/c1-6-7-4-16(2)15-8(7)9-10(17(6)3)11(12)14-5-13-9/h4-6H,1-3H3,(H2,12,13,14). The highest BCUT2D eigenvalue weighted by atomic mass is 15.3. The zero-order valence-corrected chi connectivity index (χ0v) is 10.0. The number of hydrogen-bond donors (Lipinski definition) is 1. The minimum Gasteiger partial charge on any atom is -0.382 e. The van der Waals surface area contributed by atoms with Crippen LogP contribution in [0.1, 0.15) is 18.5 Å². The van der Waals surface area contributed by atoms with Crippen LogP contribution in [-0.2, 0) is 7.05 Å². The number of anilines is 2. The predicted octanol–water partition coefficient (Wildman–Crippen LogP) is 0.970. The topological polar surface area (TPSA) is 72.9 Å². The van der Waals surface area contributed by atoms with Crippen molar-refractivity contribution < 1.29 is 0 Å². The van der Waals surface area contributed by atoms with E-state index in [1.807, 2.05) is 25.0 Å². The van der Waals surface area contributed by atoms with Gasteiger partial charge in [-0.25, -0.2) is 9.97 Å². The van der Waals surface area contributed by atoms with Gasteiger partial charge in [-0.3, -0.25) is 4.68 Å². The first kappa shape index (κ1) is 10.1. The molecule has 2 aromatic heterocycles. The van der Waals surface area contributed by atoms with E-state index < -0.39 is 0 Å². The summed E-state index contributed by atoms with van der Waals surface area (Å²) in [6.07, 6.45) is 3.51. The number of nitrogens with two attached hydrogens (primary N) is 1. The molecule has 0 saturated carbocycles. The van der Waals surface area contributed by atoms with Crippen LogP contribution in [0.3, 0.4) is 0 Å². The SMILES string of the molecule is CC1c2cn(C)nc2-c2ncnc(N)c2N1C. The van der Waals surface area contributed by atoms with Gasteiger partial charge in [0.05, 0.1) is 6.04 Å². The normalized spacial score (nSPS) is 17.8. The first-order valence-electron chi connectivity index (χ1n) is 5.47. The third-order valence-corrected chi connectivity index (χ3v) is 3.32. The van der Waals surface area contributed by atoms with Gasteiger partial charge in [-0.15, -0.1) is 0 Å². The molecule has 2 aromatic rings. The van der Waals surface area contributed by atoms with Crippen molar-refractivity contribution in [1.29, 1.82) is 0 Å². The van der Waals surface area contributed by atoms with E-state index in [-0.39, 0.29) is 6.04 Å². The maximum atomic E-state index is 5.93. The van der Waals surface area contributed by atoms with Gasteiger partial charge in [-0.1, -0.05) is 0 Å². The van der Waals surface area contributed by atoms with Crippen molar-refractivity contribution in [3.63, 3.8) is 0 Å². The number of rotatable bonds is 0. The lowest BCUT2D eigenvalue weighted by molar-refractivity contribution is 0.726. The minimum absolute atomic E-state index is 0.222. The van der Waals surface area contributed by atoms with Gasteiger partial charge in [-0.2, -0.15) is 5.10 Å². The first-order valence-corrected chi connectivity index (χ1v) is 5.47. The largest absolute Gasteiger partial charge is 0.382 e. The monoisotopic (exact) mass is 230 g/mol. The molecule has 3 heterocycles. The van der Waals surface area contributed by atoms with Gasteiger partial charge in [0.1, 0.15) is 23.4 Å². The van der Waals surface area contributed by atoms with Crippen molar-refractivity contribution in [2.45, 2.75) is 13.0 Å². The van der Waals surface area contributed by atoms with Crippen molar-refractivity contribution in [2.24, 2.45) is 7.05 Å². The third kappa shape index (κ3) is 1.23. The molecule has 0 fully saturated rings. The first-order chi connectivity index (χ1) is 8.09. The number of aryl methyl sites for hydroxylation is 1. The van der Waals surface area contributed by atoms with E-state index in [9.17, 15) is 0 Å². The fourth-order valence-electron chi connectivity index (χ4n) is 2.31. The Morgan fingerprint density at radius 2 is 2.00 bits per heavy atom. The molecule has 1 atom stereocenters. The minimum atomic E-state index is 0.222. The van der Waals surface area contributed by atoms with Gasteiger partial charge in [0.25, 0.3) is 0 Å². The summed E-state index contributed by atoms with van der Waals surface area (Å²) in [5.41, 5.74) is 9.68. The molecule has 0 saturated heterocycles. The Morgan fingerprint density at radius 1 is 1.24 bits per heavy atom. The Bertz CT molecular complexity index is 588. The molecule has 6 heteroatoms. The molecule has 1 unspecified atom stereocenters. The smallest absolute Gasteiger partial charge is 0.151 e. The lowest BCUT2D eigenvalue weighted by atomic mass is 9.99. The van der Waals surface area contributed by atoms with Crippen LogP contribution in [0.25, 0.3) is 11.4 Å². The molecule has 3 rings (SSSR count). The zero-order valence-electron chi connectivity index (χ0n) is 10.0. The summed E-state index contributed by atoms with van der Waals surface area (Å²) in [7, 11) is 3.91. The lowest BCUT2D eigenvalue weighted by Gasteiger charge is -2.32. The summed E-state index contributed by atoms with van der Waals surface area (Å²) in [6, 6.07) is 0.222. The quantitative estimate of drug-likeness (QED) is 0.730. The Balaban J connectivity index is 2.35. The Labute approximate surface area is 99.1 Å². The van der Waals surface area contributed by atoms with Gasteiger partial charge in [-0.05, 0) is 6.92 Å². The van der Waals surface area contributed by atoms with Crippen molar-refractivity contribution in [2.75, 3.05) is 17.7 Å². The maximum Gasteiger partial charge on any atom is 0.151 e. The molecular formula is C11H14N6. The average Bonchev–Trinajstić information content (AvgIpc) is 2.68. The molecule has 6 nitrogen and oxygen atoms in total. The highest BCUT2D eigenvalue weighted by Crippen LogP contribution is 2.43. The molecule has 1 aliphatic rings. The molecule has 0 aromatic carbocycles. The average molecular weight is 230 g/mol. The van der Waals surface area contributed by atoms with Crippen LogP contribution in [-0.4, -0.2) is 26.8 Å². The van der Waals surface area contributed by atoms with Crippen LogP contribution in [0.5, 0.6) is 0 Å². The summed E-state index contributed by atoms with van der Waals surface area (Å²) < 4.78 is 1.81. The lowest BCUT2D eigenvalue weighted by Crippen LogP contribution is -2.27. The second-order valence-electron chi connectivity index (χ2n) is 4.35. The summed E-state index contributed by atoms with van der Waals surface area (Å²) in [4.78, 5) is 10.5. The van der Waals surface area contributed by atoms with Gasteiger partial charge in [0.2, 0.25) is 0 Å². The molecule has 0 radical (unpaired) electrons. The number of nitrogens with zero attached hydrogens (tertiary/aromatic N) is 5. The number of fused-ring (bicyclic) bond motifs is 3. The van der Waals surface area contributed by atoms with Crippen LogP contribution in [0, 0.1) is 0 Å². The van der Waals surface area contributed by atoms with Crippen molar-refractivity contribution >= 4 is 11.5 Å². The van der Waals surface area contributed by atoms with Crippen LogP contribution in [0.4, 0.5) is 11.5 Å². The van der Waals surface area contributed by atoms with E-state index >= 15 is 0 Å². The van der Waals surface area contributed by atoms with Gasteiger partial charge < -0.3 is 10.6 Å². The van der Waals surface area contributed by atoms with E-state index in [2.05, 4.69) is 26.9 Å². The van der Waals surface area contributed by atoms with Crippen LogP contribution in [0.15, 0.2) is 12.5 Å². The number of aromatic nitrogens is 4. The van der Waals surface area contributed by atoms with E-state index in [0.29, 0.717) is 5.82 Å². The highest BCUT2D eigenvalue weighted by molar-refractivity contribution is 5.85. The molecule has 88 valence electrons. The van der Waals surface area contributed by atoms with E-state index in [4.69, 9.17) is 5.73 Å². The fraction of sp³-hybridized carbons (Fsp3) is 0.364. The van der Waals surface area contributed by atoms with Gasteiger partial charge in [0, 0.05) is 25.9 Å². The maximum absolute atomic E-state index is 5.93. The number of nitrogen functional groups attached to an aromatic ring is 1. The van der Waals surface area contributed by atoms with Crippen molar-refractivity contribution in [3.8, 4) is 11.4 Å². The van der Waals surface area contributed by atoms with E-state index in [1.165, 1.54) is 11.9 Å². The highest BCUT2D eigenvalue weighted by Gasteiger charge is 2.31. The molecular weight excluding hydrogens is 216 g/mol. The van der Waals surface area contributed by atoms with Crippen LogP contribution >= 0.6 is 0 Å². The Kier molecular flexibility index (Phi) is 1.89. The van der Waals surface area contributed by atoms with Gasteiger partial charge in [0.15, 0.2) is 5.82 Å². The second-order valence-corrected chi connectivity index (χ2v) is 4.35. The molecule has 0 bridgehead atoms.